The van der Waals surface area contributed by atoms with E-state index >= 15 is 0 Å². The number of carbonyl (C=O) groups excluding carboxylic acids is 1. The van der Waals surface area contributed by atoms with Gasteiger partial charge in [0.15, 0.2) is 0 Å². The molecular formula is C12H21N3OS. The number of hydrogen-bond acceptors (Lipinski definition) is 4. The average molecular weight is 255 g/mol. The number of nitrogens with one attached hydrogen (secondary N) is 1. The van der Waals surface area contributed by atoms with Gasteiger partial charge in [0, 0.05) is 17.6 Å². The third kappa shape index (κ3) is 3.78. The summed E-state index contributed by atoms with van der Waals surface area (Å²) in [7, 11) is 0. The van der Waals surface area contributed by atoms with Gasteiger partial charge in [0.25, 0.3) is 0 Å². The molecule has 0 aliphatic rings. The zero-order chi connectivity index (χ0) is 13.0. The number of rotatable bonds is 5. The lowest BCUT2D eigenvalue weighted by Crippen LogP contribution is -2.39. The quantitative estimate of drug-likeness (QED) is 0.844. The standard InChI is InChI=1S/C12H21N3OS/c1-7(2)10(5-13)11(16)15-9(4)12-14-8(3)6-17-12/h6-7,9-10H,5,13H2,1-4H3,(H,15,16). The van der Waals surface area contributed by atoms with Gasteiger partial charge in [-0.15, -0.1) is 11.3 Å². The Bertz CT molecular complexity index is 376. The first-order valence-corrected chi connectivity index (χ1v) is 6.76. The molecular weight excluding hydrogens is 234 g/mol. The molecule has 0 bridgehead atoms. The van der Waals surface area contributed by atoms with Crippen LogP contribution in [0, 0.1) is 18.8 Å². The Morgan fingerprint density at radius 1 is 1.53 bits per heavy atom. The van der Waals surface area contributed by atoms with Gasteiger partial charge in [-0.2, -0.15) is 0 Å². The maximum atomic E-state index is 12.0. The molecule has 5 heteroatoms. The number of amides is 1. The highest BCUT2D eigenvalue weighted by Gasteiger charge is 2.22. The maximum Gasteiger partial charge on any atom is 0.225 e. The fourth-order valence-corrected chi connectivity index (χ4v) is 2.44. The summed E-state index contributed by atoms with van der Waals surface area (Å²) in [5.41, 5.74) is 6.61. The van der Waals surface area contributed by atoms with Crippen molar-refractivity contribution in [2.75, 3.05) is 6.54 Å². The topological polar surface area (TPSA) is 68.0 Å². The Hall–Kier alpha value is -0.940. The summed E-state index contributed by atoms with van der Waals surface area (Å²) in [5.74, 6) is 0.145. The molecule has 0 radical (unpaired) electrons. The van der Waals surface area contributed by atoms with Crippen LogP contribution >= 0.6 is 11.3 Å². The van der Waals surface area contributed by atoms with E-state index in [9.17, 15) is 4.79 Å². The van der Waals surface area contributed by atoms with E-state index in [1.54, 1.807) is 11.3 Å². The minimum atomic E-state index is -0.126. The molecule has 96 valence electrons. The second-order valence-corrected chi connectivity index (χ2v) is 5.53. The van der Waals surface area contributed by atoms with Crippen LogP contribution in [0.5, 0.6) is 0 Å². The number of hydrogen-bond donors (Lipinski definition) is 2. The van der Waals surface area contributed by atoms with Crippen molar-refractivity contribution in [1.29, 1.82) is 0 Å². The molecule has 1 rings (SSSR count). The Labute approximate surface area is 107 Å². The normalized spacial score (nSPS) is 14.7. The molecule has 0 saturated heterocycles. The Morgan fingerprint density at radius 3 is 2.59 bits per heavy atom. The van der Waals surface area contributed by atoms with Crippen molar-refractivity contribution in [3.05, 3.63) is 16.1 Å². The molecule has 1 aromatic rings. The summed E-state index contributed by atoms with van der Waals surface area (Å²) in [6.45, 7) is 8.30. The summed E-state index contributed by atoms with van der Waals surface area (Å²) in [6.07, 6.45) is 0. The van der Waals surface area contributed by atoms with Crippen molar-refractivity contribution < 1.29 is 4.79 Å². The van der Waals surface area contributed by atoms with E-state index in [2.05, 4.69) is 10.3 Å². The van der Waals surface area contributed by atoms with Gasteiger partial charge in [-0.3, -0.25) is 4.79 Å². The Balaban J connectivity index is 2.62. The van der Waals surface area contributed by atoms with E-state index < -0.39 is 0 Å². The zero-order valence-electron chi connectivity index (χ0n) is 10.9. The van der Waals surface area contributed by atoms with Crippen molar-refractivity contribution in [2.45, 2.75) is 33.7 Å². The summed E-state index contributed by atoms with van der Waals surface area (Å²) < 4.78 is 0. The summed E-state index contributed by atoms with van der Waals surface area (Å²) in [6, 6.07) is -0.0472. The third-order valence-corrected chi connectivity index (χ3v) is 3.91. The van der Waals surface area contributed by atoms with Crippen molar-refractivity contribution in [2.24, 2.45) is 17.6 Å². The van der Waals surface area contributed by atoms with Crippen LogP contribution in [0.3, 0.4) is 0 Å². The van der Waals surface area contributed by atoms with E-state index in [4.69, 9.17) is 5.73 Å². The molecule has 0 aromatic carbocycles. The van der Waals surface area contributed by atoms with Gasteiger partial charge in [0.05, 0.1) is 12.0 Å². The van der Waals surface area contributed by atoms with Crippen molar-refractivity contribution >= 4 is 17.2 Å². The maximum absolute atomic E-state index is 12.0. The van der Waals surface area contributed by atoms with Gasteiger partial charge < -0.3 is 11.1 Å². The van der Waals surface area contributed by atoms with E-state index in [0.717, 1.165) is 10.7 Å². The molecule has 1 aromatic heterocycles. The molecule has 3 N–H and O–H groups in total. The highest BCUT2D eigenvalue weighted by atomic mass is 32.1. The van der Waals surface area contributed by atoms with E-state index in [-0.39, 0.29) is 23.8 Å². The molecule has 0 aliphatic carbocycles. The average Bonchev–Trinajstić information content (AvgIpc) is 2.65. The van der Waals surface area contributed by atoms with Gasteiger partial charge in [-0.1, -0.05) is 13.8 Å². The predicted molar refractivity (Wildman–Crippen MR) is 70.8 cm³/mol. The fourth-order valence-electron chi connectivity index (χ4n) is 1.64. The molecule has 2 atom stereocenters. The number of nitrogens with zero attached hydrogens (tertiary/aromatic N) is 1. The second-order valence-electron chi connectivity index (χ2n) is 4.64. The molecule has 4 nitrogen and oxygen atoms in total. The predicted octanol–water partition coefficient (Wildman–Crippen LogP) is 1.86. The van der Waals surface area contributed by atoms with Crippen LogP contribution in [0.2, 0.25) is 0 Å². The van der Waals surface area contributed by atoms with Crippen LogP contribution in [0.4, 0.5) is 0 Å². The summed E-state index contributed by atoms with van der Waals surface area (Å²) in [4.78, 5) is 16.4. The number of aryl methyl sites for hydroxylation is 1. The number of aromatic nitrogens is 1. The van der Waals surface area contributed by atoms with Crippen LogP contribution in [0.15, 0.2) is 5.38 Å². The molecule has 2 unspecified atom stereocenters. The van der Waals surface area contributed by atoms with Gasteiger partial charge in [0.1, 0.15) is 5.01 Å². The van der Waals surface area contributed by atoms with E-state index in [1.165, 1.54) is 0 Å². The van der Waals surface area contributed by atoms with Gasteiger partial charge in [-0.05, 0) is 19.8 Å². The van der Waals surface area contributed by atoms with Gasteiger partial charge >= 0.3 is 0 Å². The number of nitrogens with two attached hydrogens (primary N) is 1. The monoisotopic (exact) mass is 255 g/mol. The van der Waals surface area contributed by atoms with Crippen LogP contribution in [-0.2, 0) is 4.79 Å². The zero-order valence-corrected chi connectivity index (χ0v) is 11.7. The lowest BCUT2D eigenvalue weighted by atomic mass is 9.95. The first-order chi connectivity index (χ1) is 7.95. The minimum Gasteiger partial charge on any atom is -0.347 e. The third-order valence-electron chi connectivity index (χ3n) is 2.76. The number of carbonyl (C=O) groups is 1. The van der Waals surface area contributed by atoms with Crippen LogP contribution < -0.4 is 11.1 Å². The Kier molecular flexibility index (Phi) is 5.08. The first-order valence-electron chi connectivity index (χ1n) is 5.88. The fraction of sp³-hybridized carbons (Fsp3) is 0.667. The van der Waals surface area contributed by atoms with Gasteiger partial charge in [-0.25, -0.2) is 4.98 Å². The lowest BCUT2D eigenvalue weighted by Gasteiger charge is -2.20. The second kappa shape index (κ2) is 6.12. The minimum absolute atomic E-state index is 0.0165. The van der Waals surface area contributed by atoms with Crippen LogP contribution in [-0.4, -0.2) is 17.4 Å². The molecule has 0 saturated carbocycles. The van der Waals surface area contributed by atoms with Crippen LogP contribution in [0.25, 0.3) is 0 Å². The van der Waals surface area contributed by atoms with Gasteiger partial charge in [0.2, 0.25) is 5.91 Å². The van der Waals surface area contributed by atoms with Crippen molar-refractivity contribution in [3.63, 3.8) is 0 Å². The van der Waals surface area contributed by atoms with E-state index in [1.807, 2.05) is 33.1 Å². The number of thiazole rings is 1. The van der Waals surface area contributed by atoms with E-state index in [0.29, 0.717) is 6.54 Å². The Morgan fingerprint density at radius 2 is 2.18 bits per heavy atom. The van der Waals surface area contributed by atoms with Crippen molar-refractivity contribution in [3.8, 4) is 0 Å². The molecule has 1 heterocycles. The smallest absolute Gasteiger partial charge is 0.225 e. The lowest BCUT2D eigenvalue weighted by molar-refractivity contribution is -0.126. The SMILES string of the molecule is Cc1csc(C(C)NC(=O)C(CN)C(C)C)n1. The highest BCUT2D eigenvalue weighted by Crippen LogP contribution is 2.18. The first kappa shape index (κ1) is 14.1. The highest BCUT2D eigenvalue weighted by molar-refractivity contribution is 7.09. The van der Waals surface area contributed by atoms with Crippen molar-refractivity contribution in [1.82, 2.24) is 10.3 Å². The largest absolute Gasteiger partial charge is 0.347 e. The molecule has 17 heavy (non-hydrogen) atoms. The molecule has 0 fully saturated rings. The molecule has 0 aliphatic heterocycles. The molecule has 1 amide bonds. The summed E-state index contributed by atoms with van der Waals surface area (Å²) >= 11 is 1.57. The van der Waals surface area contributed by atoms with Crippen LogP contribution in [0.1, 0.15) is 37.5 Å². The molecule has 0 spiro atoms. The summed E-state index contributed by atoms with van der Waals surface area (Å²) in [5, 5.41) is 5.90.